The first-order valence-electron chi connectivity index (χ1n) is 10.6. The van der Waals surface area contributed by atoms with E-state index in [0.29, 0.717) is 12.2 Å². The number of nitrogens with one attached hydrogen (secondary N) is 1. The van der Waals surface area contributed by atoms with Gasteiger partial charge in [0.05, 0.1) is 18.0 Å². The highest BCUT2D eigenvalue weighted by Gasteiger charge is 2.29. The van der Waals surface area contributed by atoms with Crippen molar-refractivity contribution in [2.24, 2.45) is 0 Å². The zero-order chi connectivity index (χ0) is 23.2. The van der Waals surface area contributed by atoms with Gasteiger partial charge < -0.3 is 10.1 Å². The van der Waals surface area contributed by atoms with E-state index < -0.39 is 16.1 Å². The molecule has 2 rings (SSSR count). The van der Waals surface area contributed by atoms with Crippen LogP contribution in [0.5, 0.6) is 5.75 Å². The molecule has 2 aromatic rings. The van der Waals surface area contributed by atoms with Gasteiger partial charge >= 0.3 is 0 Å². The first-order chi connectivity index (χ1) is 14.5. The highest BCUT2D eigenvalue weighted by atomic mass is 32.2. The van der Waals surface area contributed by atoms with Crippen LogP contribution in [0.1, 0.15) is 43.9 Å². The molecule has 0 unspecified atom stereocenters. The second-order valence-electron chi connectivity index (χ2n) is 8.29. The molecular weight excluding hydrogens is 412 g/mol. The summed E-state index contributed by atoms with van der Waals surface area (Å²) >= 11 is 0. The molecule has 1 amide bonds. The molecule has 7 heteroatoms. The number of amides is 1. The molecule has 1 N–H and O–H groups in total. The molecule has 0 aromatic heterocycles. The van der Waals surface area contributed by atoms with Crippen LogP contribution >= 0.6 is 0 Å². The van der Waals surface area contributed by atoms with Gasteiger partial charge in [0.1, 0.15) is 11.8 Å². The van der Waals surface area contributed by atoms with Crippen molar-refractivity contribution in [3.05, 3.63) is 59.2 Å². The lowest BCUT2D eigenvalue weighted by atomic mass is 10.1. The van der Waals surface area contributed by atoms with Crippen molar-refractivity contribution in [3.8, 4) is 5.75 Å². The standard InChI is InChI=1S/C24H34N2O4S/c1-17(2)30-23-11-9-21(10-12-23)8-7-13-25-24(27)20(5)26(31(6,28)29)22-15-18(3)14-19(4)16-22/h9-12,14-17,20H,7-8,13H2,1-6H3,(H,25,27)/t20-/m0/s1. The van der Waals surface area contributed by atoms with Gasteiger partial charge in [-0.3, -0.25) is 9.10 Å². The number of aryl methyl sites for hydroxylation is 3. The first kappa shape index (κ1) is 24.7. The van der Waals surface area contributed by atoms with E-state index in [4.69, 9.17) is 4.74 Å². The van der Waals surface area contributed by atoms with Crippen molar-refractivity contribution in [3.63, 3.8) is 0 Å². The Bertz CT molecular complexity index is 965. The molecule has 2 aromatic carbocycles. The molecule has 0 spiro atoms. The first-order valence-corrected chi connectivity index (χ1v) is 12.4. The zero-order valence-electron chi connectivity index (χ0n) is 19.3. The van der Waals surface area contributed by atoms with Crippen molar-refractivity contribution in [1.29, 1.82) is 0 Å². The summed E-state index contributed by atoms with van der Waals surface area (Å²) in [5.74, 6) is 0.526. The predicted molar refractivity (Wildman–Crippen MR) is 126 cm³/mol. The quantitative estimate of drug-likeness (QED) is 0.560. The lowest BCUT2D eigenvalue weighted by molar-refractivity contribution is -0.121. The number of rotatable bonds is 10. The van der Waals surface area contributed by atoms with Crippen LogP contribution in [-0.4, -0.2) is 39.3 Å². The summed E-state index contributed by atoms with van der Waals surface area (Å²) < 4.78 is 31.7. The van der Waals surface area contributed by atoms with Crippen molar-refractivity contribution in [2.75, 3.05) is 17.1 Å². The number of hydrogen-bond acceptors (Lipinski definition) is 4. The van der Waals surface area contributed by atoms with E-state index in [1.54, 1.807) is 19.1 Å². The lowest BCUT2D eigenvalue weighted by Gasteiger charge is -2.28. The smallest absolute Gasteiger partial charge is 0.243 e. The van der Waals surface area contributed by atoms with Gasteiger partial charge in [0.15, 0.2) is 0 Å². The molecule has 0 saturated heterocycles. The van der Waals surface area contributed by atoms with Crippen molar-refractivity contribution in [2.45, 2.75) is 59.6 Å². The highest BCUT2D eigenvalue weighted by Crippen LogP contribution is 2.24. The Morgan fingerprint density at radius 2 is 1.61 bits per heavy atom. The third-order valence-corrected chi connectivity index (χ3v) is 6.03. The highest BCUT2D eigenvalue weighted by molar-refractivity contribution is 7.92. The van der Waals surface area contributed by atoms with Gasteiger partial charge in [-0.05, 0) is 88.4 Å². The van der Waals surface area contributed by atoms with Crippen LogP contribution in [0.4, 0.5) is 5.69 Å². The Kier molecular flexibility index (Phi) is 8.51. The second-order valence-corrected chi connectivity index (χ2v) is 10.1. The zero-order valence-corrected chi connectivity index (χ0v) is 20.1. The number of benzene rings is 2. The van der Waals surface area contributed by atoms with E-state index in [2.05, 4.69) is 5.32 Å². The van der Waals surface area contributed by atoms with E-state index >= 15 is 0 Å². The van der Waals surface area contributed by atoms with Gasteiger partial charge in [-0.1, -0.05) is 18.2 Å². The Balaban J connectivity index is 1.95. The Morgan fingerprint density at radius 1 is 1.03 bits per heavy atom. The molecule has 0 aliphatic rings. The number of nitrogens with zero attached hydrogens (tertiary/aromatic N) is 1. The molecule has 0 aliphatic carbocycles. The number of carbonyl (C=O) groups is 1. The van der Waals surface area contributed by atoms with Gasteiger partial charge in [0, 0.05) is 6.54 Å². The van der Waals surface area contributed by atoms with E-state index in [-0.39, 0.29) is 12.0 Å². The van der Waals surface area contributed by atoms with Crippen LogP contribution in [0.15, 0.2) is 42.5 Å². The monoisotopic (exact) mass is 446 g/mol. The topological polar surface area (TPSA) is 75.7 Å². The molecule has 0 radical (unpaired) electrons. The van der Waals surface area contributed by atoms with Gasteiger partial charge in [-0.2, -0.15) is 0 Å². The summed E-state index contributed by atoms with van der Waals surface area (Å²) in [6.45, 7) is 9.87. The molecule has 6 nitrogen and oxygen atoms in total. The maximum atomic E-state index is 12.7. The minimum Gasteiger partial charge on any atom is -0.491 e. The summed E-state index contributed by atoms with van der Waals surface area (Å²) in [4.78, 5) is 12.7. The predicted octanol–water partition coefficient (Wildman–Crippen LogP) is 3.99. The number of sulfonamides is 1. The van der Waals surface area contributed by atoms with Gasteiger partial charge in [0.2, 0.25) is 15.9 Å². The van der Waals surface area contributed by atoms with Crippen LogP contribution in [0.3, 0.4) is 0 Å². The average molecular weight is 447 g/mol. The van der Waals surface area contributed by atoms with Crippen LogP contribution in [0, 0.1) is 13.8 Å². The van der Waals surface area contributed by atoms with E-state index in [9.17, 15) is 13.2 Å². The SMILES string of the molecule is Cc1cc(C)cc(N([C@@H](C)C(=O)NCCCc2ccc(OC(C)C)cc2)S(C)(=O)=O)c1. The fraction of sp³-hybridized carbons (Fsp3) is 0.458. The van der Waals surface area contributed by atoms with E-state index in [0.717, 1.165) is 41.5 Å². The fourth-order valence-corrected chi connectivity index (χ4v) is 4.70. The van der Waals surface area contributed by atoms with Crippen LogP contribution in [-0.2, 0) is 21.2 Å². The third kappa shape index (κ3) is 7.58. The second kappa shape index (κ2) is 10.7. The molecule has 0 heterocycles. The van der Waals surface area contributed by atoms with Gasteiger partial charge in [-0.15, -0.1) is 0 Å². The molecule has 0 bridgehead atoms. The fourth-order valence-electron chi connectivity index (χ4n) is 3.55. The van der Waals surface area contributed by atoms with E-state index in [1.807, 2.05) is 58.0 Å². The summed E-state index contributed by atoms with van der Waals surface area (Å²) in [7, 11) is -3.62. The Labute approximate surface area is 186 Å². The summed E-state index contributed by atoms with van der Waals surface area (Å²) in [6.07, 6.45) is 2.83. The largest absolute Gasteiger partial charge is 0.491 e. The Hall–Kier alpha value is -2.54. The minimum atomic E-state index is -3.62. The third-order valence-electron chi connectivity index (χ3n) is 4.79. The molecule has 0 aliphatic heterocycles. The lowest BCUT2D eigenvalue weighted by Crippen LogP contribution is -2.48. The molecule has 0 saturated carbocycles. The Morgan fingerprint density at radius 3 is 2.13 bits per heavy atom. The van der Waals surface area contributed by atoms with Crippen LogP contribution < -0.4 is 14.4 Å². The van der Waals surface area contributed by atoms with Crippen molar-refractivity contribution in [1.82, 2.24) is 5.32 Å². The van der Waals surface area contributed by atoms with E-state index in [1.165, 1.54) is 4.31 Å². The minimum absolute atomic E-state index is 0.137. The average Bonchev–Trinajstić information content (AvgIpc) is 2.64. The maximum Gasteiger partial charge on any atom is 0.243 e. The van der Waals surface area contributed by atoms with Crippen molar-refractivity contribution < 1.29 is 17.9 Å². The normalized spacial score (nSPS) is 12.5. The molecule has 0 fully saturated rings. The van der Waals surface area contributed by atoms with Gasteiger partial charge in [-0.25, -0.2) is 8.42 Å². The molecule has 170 valence electrons. The molecular formula is C24H34N2O4S. The van der Waals surface area contributed by atoms with Gasteiger partial charge in [0.25, 0.3) is 0 Å². The van der Waals surface area contributed by atoms with Crippen molar-refractivity contribution >= 4 is 21.6 Å². The number of anilines is 1. The summed E-state index contributed by atoms with van der Waals surface area (Å²) in [5.41, 5.74) is 3.56. The number of carbonyl (C=O) groups excluding carboxylic acids is 1. The molecule has 31 heavy (non-hydrogen) atoms. The number of ether oxygens (including phenoxy) is 1. The summed E-state index contributed by atoms with van der Waals surface area (Å²) in [6, 6.07) is 12.6. The number of hydrogen-bond donors (Lipinski definition) is 1. The molecule has 1 atom stereocenters. The maximum absolute atomic E-state index is 12.7. The van der Waals surface area contributed by atoms with Crippen LogP contribution in [0.25, 0.3) is 0 Å². The van der Waals surface area contributed by atoms with Crippen LogP contribution in [0.2, 0.25) is 0 Å². The summed E-state index contributed by atoms with van der Waals surface area (Å²) in [5, 5.41) is 2.87.